The van der Waals surface area contributed by atoms with Gasteiger partial charge in [0, 0.05) is 27.8 Å². The summed E-state index contributed by atoms with van der Waals surface area (Å²) < 4.78 is 7.39. The quantitative estimate of drug-likeness (QED) is 0.324. The maximum atomic E-state index is 13.6. The molecule has 0 aliphatic heterocycles. The van der Waals surface area contributed by atoms with E-state index < -0.39 is 17.9 Å². The molecule has 1 saturated carbocycles. The summed E-state index contributed by atoms with van der Waals surface area (Å²) in [5.41, 5.74) is 2.93. The first-order valence-corrected chi connectivity index (χ1v) is 13.3. The van der Waals surface area contributed by atoms with Gasteiger partial charge in [0.2, 0.25) is 0 Å². The highest BCUT2D eigenvalue weighted by molar-refractivity contribution is 9.11. The number of anilines is 1. The lowest BCUT2D eigenvalue weighted by atomic mass is 10.1. The van der Waals surface area contributed by atoms with Crippen molar-refractivity contribution >= 4 is 83.0 Å². The largest absolute Gasteiger partial charge is 0.452 e. The summed E-state index contributed by atoms with van der Waals surface area (Å²) in [6.07, 6.45) is 2.66. The number of carbonyl (C=O) groups is 3. The number of rotatable bonds is 6. The van der Waals surface area contributed by atoms with E-state index in [4.69, 9.17) is 11.6 Å². The van der Waals surface area contributed by atoms with Crippen molar-refractivity contribution in [1.82, 2.24) is 25.2 Å². The van der Waals surface area contributed by atoms with Crippen molar-refractivity contribution in [3.8, 4) is 5.82 Å². The van der Waals surface area contributed by atoms with Gasteiger partial charge in [-0.1, -0.05) is 27.5 Å². The molecule has 0 atom stereocenters. The number of nitrogens with zero attached hydrogens (tertiary/aromatic N) is 4. The predicted octanol–water partition coefficient (Wildman–Crippen LogP) is 5.58. The molecule has 10 nitrogen and oxygen atoms in total. The average Bonchev–Trinajstić information content (AvgIpc) is 3.58. The molecule has 14 heteroatoms. The van der Waals surface area contributed by atoms with Crippen LogP contribution in [-0.4, -0.2) is 51.3 Å². The van der Waals surface area contributed by atoms with Crippen LogP contribution in [0.25, 0.3) is 5.82 Å². The van der Waals surface area contributed by atoms with E-state index in [2.05, 4.69) is 73.4 Å². The third-order valence-electron chi connectivity index (χ3n) is 5.17. The van der Waals surface area contributed by atoms with E-state index in [-0.39, 0.29) is 28.7 Å². The summed E-state index contributed by atoms with van der Waals surface area (Å²) in [5, 5.41) is 8.56. The van der Waals surface area contributed by atoms with Crippen LogP contribution in [0, 0.1) is 5.92 Å². The van der Waals surface area contributed by atoms with Crippen LogP contribution in [0.2, 0.25) is 5.02 Å². The van der Waals surface area contributed by atoms with Crippen LogP contribution in [0.1, 0.15) is 33.7 Å². The summed E-state index contributed by atoms with van der Waals surface area (Å²) >= 11 is 16.4. The van der Waals surface area contributed by atoms with Crippen LogP contribution < -0.4 is 10.7 Å². The Morgan fingerprint density at radius 2 is 1.97 bits per heavy atom. The van der Waals surface area contributed by atoms with Crippen LogP contribution in [0.4, 0.5) is 10.5 Å². The molecule has 1 aliphatic carbocycles. The van der Waals surface area contributed by atoms with E-state index in [0.29, 0.717) is 25.1 Å². The Morgan fingerprint density at radius 1 is 1.22 bits per heavy atom. The van der Waals surface area contributed by atoms with E-state index in [1.807, 2.05) is 0 Å². The summed E-state index contributed by atoms with van der Waals surface area (Å²) in [7, 11) is 1.21. The smallest absolute Gasteiger partial charge is 0.425 e. The molecule has 2 heterocycles. The normalized spacial score (nSPS) is 12.7. The molecule has 0 radical (unpaired) electrons. The molecule has 2 aromatic heterocycles. The summed E-state index contributed by atoms with van der Waals surface area (Å²) in [6.45, 7) is 0.309. The van der Waals surface area contributed by atoms with Crippen LogP contribution in [0.15, 0.2) is 50.1 Å². The SMILES string of the molecule is COC(=O)NN(CC1CC1)C(=O)c1cc(Br)cc(Br)c1NC(=O)c1cc(Br)nn1-c1ncccc1Cl. The number of benzene rings is 1. The van der Waals surface area contributed by atoms with Gasteiger partial charge in [0.05, 0.1) is 23.4 Å². The second kappa shape index (κ2) is 11.3. The summed E-state index contributed by atoms with van der Waals surface area (Å²) in [6, 6.07) is 8.05. The van der Waals surface area contributed by atoms with Gasteiger partial charge in [0.1, 0.15) is 10.3 Å². The number of ether oxygens (including phenoxy) is 1. The molecule has 0 spiro atoms. The Balaban J connectivity index is 1.70. The van der Waals surface area contributed by atoms with E-state index in [1.54, 1.807) is 24.3 Å². The number of halogens is 4. The fourth-order valence-electron chi connectivity index (χ4n) is 3.29. The highest BCUT2D eigenvalue weighted by atomic mass is 79.9. The number of methoxy groups -OCH3 is 1. The maximum Gasteiger partial charge on any atom is 0.425 e. The Morgan fingerprint density at radius 3 is 2.64 bits per heavy atom. The van der Waals surface area contributed by atoms with E-state index in [0.717, 1.165) is 12.8 Å². The number of hydrogen-bond acceptors (Lipinski definition) is 6. The highest BCUT2D eigenvalue weighted by Crippen LogP contribution is 2.34. The molecule has 36 heavy (non-hydrogen) atoms. The number of hydrogen-bond donors (Lipinski definition) is 2. The molecule has 1 fully saturated rings. The van der Waals surface area contributed by atoms with Crippen LogP contribution >= 0.6 is 59.4 Å². The maximum absolute atomic E-state index is 13.6. The van der Waals surface area contributed by atoms with Crippen LogP contribution in [-0.2, 0) is 4.74 Å². The van der Waals surface area contributed by atoms with E-state index >= 15 is 0 Å². The van der Waals surface area contributed by atoms with Gasteiger partial charge in [0.25, 0.3) is 11.8 Å². The molecule has 1 aromatic carbocycles. The topological polar surface area (TPSA) is 118 Å². The van der Waals surface area contributed by atoms with Crippen molar-refractivity contribution in [2.45, 2.75) is 12.8 Å². The third-order valence-corrected chi connectivity index (χ3v) is 6.94. The Kier molecular flexibility index (Phi) is 8.33. The molecule has 2 N–H and O–H groups in total. The van der Waals surface area contributed by atoms with Crippen LogP contribution in [0.5, 0.6) is 0 Å². The van der Waals surface area contributed by atoms with Gasteiger partial charge < -0.3 is 10.1 Å². The number of aromatic nitrogens is 3. The van der Waals surface area contributed by atoms with Crippen molar-refractivity contribution in [2.24, 2.45) is 5.92 Å². The first-order chi connectivity index (χ1) is 17.2. The zero-order chi connectivity index (χ0) is 26.0. The van der Waals surface area contributed by atoms with Gasteiger partial charge >= 0.3 is 6.09 Å². The molecular weight excluding hydrogens is 687 g/mol. The lowest BCUT2D eigenvalue weighted by Crippen LogP contribution is -2.47. The van der Waals surface area contributed by atoms with Crippen LogP contribution in [0.3, 0.4) is 0 Å². The Hall–Kier alpha value is -2.48. The Labute approximate surface area is 236 Å². The molecule has 0 unspecified atom stereocenters. The zero-order valence-corrected chi connectivity index (χ0v) is 24.1. The minimum Gasteiger partial charge on any atom is -0.452 e. The van der Waals surface area contributed by atoms with Gasteiger partial charge in [-0.05, 0) is 74.9 Å². The van der Waals surface area contributed by atoms with Crippen molar-refractivity contribution < 1.29 is 19.1 Å². The zero-order valence-electron chi connectivity index (χ0n) is 18.6. The first kappa shape index (κ1) is 26.6. The van der Waals surface area contributed by atoms with Gasteiger partial charge in [0.15, 0.2) is 5.82 Å². The lowest BCUT2D eigenvalue weighted by molar-refractivity contribution is 0.0620. The van der Waals surface area contributed by atoms with Crippen molar-refractivity contribution in [1.29, 1.82) is 0 Å². The number of nitrogens with one attached hydrogen (secondary N) is 2. The predicted molar refractivity (Wildman–Crippen MR) is 143 cm³/mol. The van der Waals surface area contributed by atoms with Crippen molar-refractivity contribution in [2.75, 3.05) is 19.0 Å². The number of pyridine rings is 1. The first-order valence-electron chi connectivity index (χ1n) is 10.5. The fraction of sp³-hybridized carbons (Fsp3) is 0.227. The monoisotopic (exact) mass is 702 g/mol. The standard InChI is InChI=1S/C22H18Br3ClN6O4/c1-36-22(35)30-31(10-11-4-5-11)21(34)13-7-12(23)8-14(24)18(13)28-20(33)16-9-17(25)29-32(16)19-15(26)3-2-6-27-19/h2-3,6-9,11H,4-5,10H2,1H3,(H,28,33)(H,30,35). The summed E-state index contributed by atoms with van der Waals surface area (Å²) in [5.74, 6) is -0.553. The van der Waals surface area contributed by atoms with E-state index in [9.17, 15) is 14.4 Å². The molecule has 3 amide bonds. The number of carbonyl (C=O) groups excluding carboxylic acids is 3. The second-order valence-corrected chi connectivity index (χ2v) is 10.8. The highest BCUT2D eigenvalue weighted by Gasteiger charge is 2.31. The Bertz CT molecular complexity index is 1350. The summed E-state index contributed by atoms with van der Waals surface area (Å²) in [4.78, 5) is 43.1. The molecule has 0 bridgehead atoms. The van der Waals surface area contributed by atoms with Gasteiger partial charge in [-0.25, -0.2) is 24.9 Å². The van der Waals surface area contributed by atoms with Crippen molar-refractivity contribution in [3.63, 3.8) is 0 Å². The average molecular weight is 706 g/mol. The minimum absolute atomic E-state index is 0.123. The molecular formula is C22H18Br3ClN6O4. The lowest BCUT2D eigenvalue weighted by Gasteiger charge is -2.24. The number of hydrazine groups is 1. The van der Waals surface area contributed by atoms with Gasteiger partial charge in [-0.3, -0.25) is 9.59 Å². The molecule has 4 rings (SSSR count). The fourth-order valence-corrected chi connectivity index (χ4v) is 5.20. The molecule has 0 saturated heterocycles. The molecule has 188 valence electrons. The van der Waals surface area contributed by atoms with Crippen molar-refractivity contribution in [3.05, 3.63) is 66.4 Å². The van der Waals surface area contributed by atoms with Gasteiger partial charge in [-0.2, -0.15) is 5.10 Å². The second-order valence-electron chi connectivity index (χ2n) is 7.80. The minimum atomic E-state index is -0.773. The third kappa shape index (κ3) is 6.07. The molecule has 1 aliphatic rings. The number of amides is 3. The van der Waals surface area contributed by atoms with E-state index in [1.165, 1.54) is 29.1 Å². The molecule has 3 aromatic rings. The van der Waals surface area contributed by atoms with Gasteiger partial charge in [-0.15, -0.1) is 0 Å².